The summed E-state index contributed by atoms with van der Waals surface area (Å²) in [5, 5.41) is 18.5. The van der Waals surface area contributed by atoms with Crippen molar-refractivity contribution in [1.82, 2.24) is 25.2 Å². The predicted octanol–water partition coefficient (Wildman–Crippen LogP) is 2.17. The molecule has 0 atom stereocenters. The summed E-state index contributed by atoms with van der Waals surface area (Å²) in [5.74, 6) is 0.742. The first-order chi connectivity index (χ1) is 13.5. The summed E-state index contributed by atoms with van der Waals surface area (Å²) < 4.78 is 1.52. The molecule has 0 saturated carbocycles. The Bertz CT molecular complexity index is 967. The molecule has 0 saturated heterocycles. The molecule has 3 aromatic rings. The molecule has 0 unspecified atom stereocenters. The first-order valence-electron chi connectivity index (χ1n) is 8.79. The van der Waals surface area contributed by atoms with Gasteiger partial charge in [0.2, 0.25) is 11.7 Å². The molecule has 9 heteroatoms. The molecule has 0 fully saturated rings. The number of pyridine rings is 1. The fourth-order valence-electron chi connectivity index (χ4n) is 2.31. The fraction of sp³-hybridized carbons (Fsp3) is 0.263. The standard InChI is InChI=1S/C19H21N7O2/c1-13(2)19(27)21-16-11-7-10-15(20-16)12-28-23-17(14-8-5-4-6-9-14)18-22-24-25-26(18)3/h4-11,13H,12H2,1-3H3,(H,20,21,27). The van der Waals surface area contributed by atoms with Crippen LogP contribution in [0.1, 0.15) is 30.9 Å². The number of hydrogen-bond donors (Lipinski definition) is 1. The summed E-state index contributed by atoms with van der Waals surface area (Å²) in [6.45, 7) is 3.78. The number of carbonyl (C=O) groups is 1. The van der Waals surface area contributed by atoms with E-state index in [1.807, 2.05) is 44.2 Å². The summed E-state index contributed by atoms with van der Waals surface area (Å²) in [6.07, 6.45) is 0. The van der Waals surface area contributed by atoms with Crippen molar-refractivity contribution in [3.8, 4) is 0 Å². The van der Waals surface area contributed by atoms with Gasteiger partial charge in [0.05, 0.1) is 5.69 Å². The topological polar surface area (TPSA) is 107 Å². The number of oxime groups is 1. The molecule has 0 spiro atoms. The number of nitrogens with zero attached hydrogens (tertiary/aromatic N) is 6. The lowest BCUT2D eigenvalue weighted by Crippen LogP contribution is -2.18. The van der Waals surface area contributed by atoms with E-state index in [1.165, 1.54) is 4.68 Å². The minimum atomic E-state index is -0.125. The number of tetrazole rings is 1. The number of anilines is 1. The molecule has 2 heterocycles. The molecule has 2 aromatic heterocycles. The number of benzene rings is 1. The molecule has 0 aliphatic heterocycles. The Balaban J connectivity index is 1.76. The lowest BCUT2D eigenvalue weighted by molar-refractivity contribution is -0.118. The number of carbonyl (C=O) groups excluding carboxylic acids is 1. The van der Waals surface area contributed by atoms with E-state index in [9.17, 15) is 4.79 Å². The van der Waals surface area contributed by atoms with Crippen LogP contribution in [-0.4, -0.2) is 36.8 Å². The van der Waals surface area contributed by atoms with Crippen molar-refractivity contribution in [3.05, 3.63) is 65.6 Å². The fourth-order valence-corrected chi connectivity index (χ4v) is 2.31. The summed E-state index contributed by atoms with van der Waals surface area (Å²) in [5.41, 5.74) is 1.97. The Hall–Kier alpha value is -3.62. The molecule has 0 bridgehead atoms. The Morgan fingerprint density at radius 3 is 2.64 bits per heavy atom. The smallest absolute Gasteiger partial charge is 0.228 e. The monoisotopic (exact) mass is 379 g/mol. The van der Waals surface area contributed by atoms with E-state index in [-0.39, 0.29) is 18.4 Å². The van der Waals surface area contributed by atoms with Crippen LogP contribution in [0.15, 0.2) is 53.7 Å². The van der Waals surface area contributed by atoms with Crippen molar-refractivity contribution >= 4 is 17.4 Å². The predicted molar refractivity (Wildman–Crippen MR) is 103 cm³/mol. The van der Waals surface area contributed by atoms with E-state index in [4.69, 9.17) is 4.84 Å². The maximum atomic E-state index is 11.8. The second-order valence-electron chi connectivity index (χ2n) is 6.36. The Morgan fingerprint density at radius 1 is 1.18 bits per heavy atom. The minimum Gasteiger partial charge on any atom is -0.389 e. The lowest BCUT2D eigenvalue weighted by Gasteiger charge is -2.08. The summed E-state index contributed by atoms with van der Waals surface area (Å²) in [6, 6.07) is 14.8. The Morgan fingerprint density at radius 2 is 1.96 bits per heavy atom. The molecule has 1 amide bonds. The number of aromatic nitrogens is 5. The van der Waals surface area contributed by atoms with Crippen LogP contribution in [0.4, 0.5) is 5.82 Å². The highest BCUT2D eigenvalue weighted by Gasteiger charge is 2.15. The number of hydrogen-bond acceptors (Lipinski definition) is 7. The minimum absolute atomic E-state index is 0.0928. The van der Waals surface area contributed by atoms with Gasteiger partial charge >= 0.3 is 0 Å². The SMILES string of the molecule is CC(C)C(=O)Nc1cccc(CON=C(c2ccccc2)c2nnnn2C)n1. The van der Waals surface area contributed by atoms with Crippen molar-refractivity contribution in [1.29, 1.82) is 0 Å². The molecule has 144 valence electrons. The second kappa shape index (κ2) is 8.85. The van der Waals surface area contributed by atoms with Gasteiger partial charge in [0.1, 0.15) is 5.82 Å². The Kier molecular flexibility index (Phi) is 6.05. The van der Waals surface area contributed by atoms with Gasteiger partial charge in [-0.3, -0.25) is 4.79 Å². The molecule has 1 N–H and O–H groups in total. The van der Waals surface area contributed by atoms with E-state index in [1.54, 1.807) is 25.2 Å². The third kappa shape index (κ3) is 4.76. The van der Waals surface area contributed by atoms with Crippen LogP contribution in [-0.2, 0) is 23.3 Å². The van der Waals surface area contributed by atoms with Gasteiger partial charge in [0, 0.05) is 18.5 Å². The molecular weight excluding hydrogens is 358 g/mol. The zero-order valence-corrected chi connectivity index (χ0v) is 15.9. The van der Waals surface area contributed by atoms with Crippen LogP contribution in [0.2, 0.25) is 0 Å². The number of aryl methyl sites for hydroxylation is 1. The van der Waals surface area contributed by atoms with Crippen LogP contribution in [0.3, 0.4) is 0 Å². The van der Waals surface area contributed by atoms with Crippen molar-refractivity contribution in [2.45, 2.75) is 20.5 Å². The average Bonchev–Trinajstić information content (AvgIpc) is 3.12. The molecule has 0 aliphatic carbocycles. The number of nitrogens with one attached hydrogen (secondary N) is 1. The summed E-state index contributed by atoms with van der Waals surface area (Å²) in [7, 11) is 1.73. The highest BCUT2D eigenvalue weighted by atomic mass is 16.6. The van der Waals surface area contributed by atoms with E-state index in [0.29, 0.717) is 23.0 Å². The van der Waals surface area contributed by atoms with Gasteiger partial charge in [-0.05, 0) is 22.6 Å². The zero-order valence-electron chi connectivity index (χ0n) is 15.9. The van der Waals surface area contributed by atoms with Crippen LogP contribution < -0.4 is 5.32 Å². The van der Waals surface area contributed by atoms with E-state index >= 15 is 0 Å². The van der Waals surface area contributed by atoms with Crippen molar-refractivity contribution in [2.75, 3.05) is 5.32 Å². The largest absolute Gasteiger partial charge is 0.389 e. The molecule has 0 radical (unpaired) electrons. The van der Waals surface area contributed by atoms with Gasteiger partial charge in [-0.15, -0.1) is 5.10 Å². The van der Waals surface area contributed by atoms with Gasteiger partial charge in [-0.2, -0.15) is 0 Å². The van der Waals surface area contributed by atoms with Gasteiger partial charge < -0.3 is 10.2 Å². The van der Waals surface area contributed by atoms with Crippen LogP contribution >= 0.6 is 0 Å². The number of rotatable bonds is 7. The molecule has 0 aliphatic rings. The molecular formula is C19H21N7O2. The van der Waals surface area contributed by atoms with E-state index in [2.05, 4.69) is 31.0 Å². The van der Waals surface area contributed by atoms with Crippen molar-refractivity contribution in [2.24, 2.45) is 18.1 Å². The average molecular weight is 379 g/mol. The first-order valence-corrected chi connectivity index (χ1v) is 8.79. The van der Waals surface area contributed by atoms with Gasteiger partial charge in [-0.25, -0.2) is 9.67 Å². The Labute approximate surface area is 162 Å². The van der Waals surface area contributed by atoms with Crippen molar-refractivity contribution in [3.63, 3.8) is 0 Å². The van der Waals surface area contributed by atoms with Gasteiger partial charge in [0.25, 0.3) is 0 Å². The lowest BCUT2D eigenvalue weighted by atomic mass is 10.1. The third-order valence-electron chi connectivity index (χ3n) is 3.83. The van der Waals surface area contributed by atoms with E-state index < -0.39 is 0 Å². The zero-order chi connectivity index (χ0) is 19.9. The first kappa shape index (κ1) is 19.2. The second-order valence-corrected chi connectivity index (χ2v) is 6.36. The van der Waals surface area contributed by atoms with E-state index in [0.717, 1.165) is 5.56 Å². The number of amides is 1. The molecule has 3 rings (SSSR count). The van der Waals surface area contributed by atoms with Gasteiger partial charge in [-0.1, -0.05) is 55.4 Å². The maximum Gasteiger partial charge on any atom is 0.228 e. The highest BCUT2D eigenvalue weighted by molar-refractivity contribution is 6.10. The van der Waals surface area contributed by atoms with Crippen molar-refractivity contribution < 1.29 is 9.63 Å². The van der Waals surface area contributed by atoms with Crippen LogP contribution in [0, 0.1) is 5.92 Å². The van der Waals surface area contributed by atoms with Crippen LogP contribution in [0.5, 0.6) is 0 Å². The molecule has 1 aromatic carbocycles. The normalized spacial score (nSPS) is 11.5. The summed E-state index contributed by atoms with van der Waals surface area (Å²) >= 11 is 0. The quantitative estimate of drug-likeness (QED) is 0.498. The summed E-state index contributed by atoms with van der Waals surface area (Å²) in [4.78, 5) is 21.7. The van der Waals surface area contributed by atoms with Crippen LogP contribution in [0.25, 0.3) is 0 Å². The highest BCUT2D eigenvalue weighted by Crippen LogP contribution is 2.11. The van der Waals surface area contributed by atoms with Gasteiger partial charge in [0.15, 0.2) is 12.3 Å². The molecule has 9 nitrogen and oxygen atoms in total. The maximum absolute atomic E-state index is 11.8. The molecule has 28 heavy (non-hydrogen) atoms. The third-order valence-corrected chi connectivity index (χ3v) is 3.83.